The lowest BCUT2D eigenvalue weighted by molar-refractivity contribution is -0.131. The predicted molar refractivity (Wildman–Crippen MR) is 68.7 cm³/mol. The van der Waals surface area contributed by atoms with Crippen LogP contribution in [-0.2, 0) is 4.79 Å². The van der Waals surface area contributed by atoms with E-state index in [0.717, 1.165) is 5.56 Å². The monoisotopic (exact) mass is 242 g/mol. The molecule has 3 nitrogen and oxygen atoms in total. The first-order chi connectivity index (χ1) is 7.06. The van der Waals surface area contributed by atoms with Crippen molar-refractivity contribution in [2.24, 2.45) is 5.73 Å². The number of amides is 1. The van der Waals surface area contributed by atoms with Gasteiger partial charge in [-0.25, -0.2) is 0 Å². The minimum Gasteiger partial charge on any atom is -0.344 e. The van der Waals surface area contributed by atoms with Gasteiger partial charge >= 0.3 is 0 Å². The zero-order valence-electron chi connectivity index (χ0n) is 9.93. The molecule has 1 rings (SSSR count). The molecule has 0 fully saturated rings. The number of halogens is 1. The average Bonchev–Trinajstić information content (AvgIpc) is 2.27. The van der Waals surface area contributed by atoms with Crippen molar-refractivity contribution in [1.82, 2.24) is 4.90 Å². The van der Waals surface area contributed by atoms with Crippen molar-refractivity contribution < 1.29 is 4.79 Å². The maximum atomic E-state index is 11.8. The average molecular weight is 243 g/mol. The lowest BCUT2D eigenvalue weighted by atomic mass is 10.1. The van der Waals surface area contributed by atoms with Gasteiger partial charge in [-0.15, -0.1) is 12.4 Å². The highest BCUT2D eigenvalue weighted by Crippen LogP contribution is 2.13. The van der Waals surface area contributed by atoms with E-state index in [-0.39, 0.29) is 18.3 Å². The summed E-state index contributed by atoms with van der Waals surface area (Å²) in [6, 6.07) is 7.20. The summed E-state index contributed by atoms with van der Waals surface area (Å²) >= 11 is 0. The first-order valence-corrected chi connectivity index (χ1v) is 5.13. The Morgan fingerprint density at radius 1 is 1.38 bits per heavy atom. The molecule has 1 aromatic rings. The number of carbonyl (C=O) groups excluding carboxylic acids is 1. The first kappa shape index (κ1) is 14.9. The van der Waals surface area contributed by atoms with E-state index in [4.69, 9.17) is 5.73 Å². The third kappa shape index (κ3) is 3.51. The Kier molecular flexibility index (Phi) is 6.08. The number of benzene rings is 1. The molecule has 2 N–H and O–H groups in total. The molecule has 0 bridgehead atoms. The summed E-state index contributed by atoms with van der Waals surface area (Å²) in [5, 5.41) is 0. The van der Waals surface area contributed by atoms with E-state index >= 15 is 0 Å². The number of nitrogens with two attached hydrogens (primary N) is 1. The van der Waals surface area contributed by atoms with Gasteiger partial charge in [0.05, 0.1) is 0 Å². The minimum absolute atomic E-state index is 0. The zero-order valence-corrected chi connectivity index (χ0v) is 10.8. The summed E-state index contributed by atoms with van der Waals surface area (Å²) in [7, 11) is 1.76. The van der Waals surface area contributed by atoms with Crippen LogP contribution in [0.3, 0.4) is 0 Å². The van der Waals surface area contributed by atoms with Gasteiger partial charge in [-0.3, -0.25) is 4.79 Å². The standard InChI is InChI=1S/C12H18N2O.ClH/c1-4-14(3)12(15)11(13)10-7-5-9(2)6-8-10;/h5-8,11H,4,13H2,1-3H3;1H. The molecule has 4 heteroatoms. The second kappa shape index (κ2) is 6.51. The summed E-state index contributed by atoms with van der Waals surface area (Å²) in [6.07, 6.45) is 0. The van der Waals surface area contributed by atoms with Crippen molar-refractivity contribution in [3.63, 3.8) is 0 Å². The van der Waals surface area contributed by atoms with Crippen molar-refractivity contribution in [1.29, 1.82) is 0 Å². The van der Waals surface area contributed by atoms with Crippen molar-refractivity contribution in [2.45, 2.75) is 19.9 Å². The minimum atomic E-state index is -0.546. The number of aryl methyl sites for hydroxylation is 1. The molecule has 0 saturated carbocycles. The Morgan fingerprint density at radius 2 is 1.88 bits per heavy atom. The van der Waals surface area contributed by atoms with E-state index < -0.39 is 6.04 Å². The highest BCUT2D eigenvalue weighted by molar-refractivity contribution is 5.85. The second-order valence-electron chi connectivity index (χ2n) is 3.74. The Labute approximate surface area is 103 Å². The number of hydrogen-bond acceptors (Lipinski definition) is 2. The van der Waals surface area contributed by atoms with Crippen LogP contribution in [0.2, 0.25) is 0 Å². The molecule has 0 saturated heterocycles. The van der Waals surface area contributed by atoms with Crippen molar-refractivity contribution in [3.05, 3.63) is 35.4 Å². The van der Waals surface area contributed by atoms with Gasteiger partial charge in [-0.05, 0) is 19.4 Å². The fourth-order valence-corrected chi connectivity index (χ4v) is 1.31. The maximum Gasteiger partial charge on any atom is 0.243 e. The number of rotatable bonds is 3. The highest BCUT2D eigenvalue weighted by Gasteiger charge is 2.18. The Hall–Kier alpha value is -1.06. The molecule has 0 aliphatic heterocycles. The summed E-state index contributed by atoms with van der Waals surface area (Å²) in [4.78, 5) is 13.4. The summed E-state index contributed by atoms with van der Waals surface area (Å²) in [5.41, 5.74) is 7.91. The van der Waals surface area contributed by atoms with Crippen LogP contribution in [0.25, 0.3) is 0 Å². The van der Waals surface area contributed by atoms with Crippen molar-refractivity contribution >= 4 is 18.3 Å². The van der Waals surface area contributed by atoms with Gasteiger partial charge in [0.25, 0.3) is 0 Å². The first-order valence-electron chi connectivity index (χ1n) is 5.13. The SMILES string of the molecule is CCN(C)C(=O)C(N)c1ccc(C)cc1.Cl. The number of carbonyl (C=O) groups is 1. The van der Waals surface area contributed by atoms with Gasteiger partial charge in [0, 0.05) is 13.6 Å². The zero-order chi connectivity index (χ0) is 11.4. The van der Waals surface area contributed by atoms with Gasteiger partial charge in [0.15, 0.2) is 0 Å². The normalized spacial score (nSPS) is 11.5. The van der Waals surface area contributed by atoms with Crippen LogP contribution in [0.4, 0.5) is 0 Å². The number of nitrogens with zero attached hydrogens (tertiary/aromatic N) is 1. The van der Waals surface area contributed by atoms with Crippen LogP contribution in [0.5, 0.6) is 0 Å². The van der Waals surface area contributed by atoms with E-state index in [2.05, 4.69) is 0 Å². The number of hydrogen-bond donors (Lipinski definition) is 1. The second-order valence-corrected chi connectivity index (χ2v) is 3.74. The largest absolute Gasteiger partial charge is 0.344 e. The summed E-state index contributed by atoms with van der Waals surface area (Å²) < 4.78 is 0. The third-order valence-electron chi connectivity index (χ3n) is 2.55. The van der Waals surface area contributed by atoms with Crippen molar-refractivity contribution in [2.75, 3.05) is 13.6 Å². The molecule has 0 aliphatic rings. The van der Waals surface area contributed by atoms with Crippen LogP contribution < -0.4 is 5.73 Å². The molecule has 0 radical (unpaired) electrons. The molecule has 0 spiro atoms. The van der Waals surface area contributed by atoms with Crippen LogP contribution in [0.15, 0.2) is 24.3 Å². The third-order valence-corrected chi connectivity index (χ3v) is 2.55. The van der Waals surface area contributed by atoms with Crippen molar-refractivity contribution in [3.8, 4) is 0 Å². The molecule has 1 aromatic carbocycles. The topological polar surface area (TPSA) is 46.3 Å². The smallest absolute Gasteiger partial charge is 0.243 e. The maximum absolute atomic E-state index is 11.8. The van der Waals surface area contributed by atoms with Gasteiger partial charge < -0.3 is 10.6 Å². The van der Waals surface area contributed by atoms with Crippen LogP contribution in [-0.4, -0.2) is 24.4 Å². The van der Waals surface area contributed by atoms with E-state index in [1.165, 1.54) is 5.56 Å². The fraction of sp³-hybridized carbons (Fsp3) is 0.417. The van der Waals surface area contributed by atoms with Crippen LogP contribution >= 0.6 is 12.4 Å². The van der Waals surface area contributed by atoms with Gasteiger partial charge in [-0.1, -0.05) is 29.8 Å². The molecule has 0 aromatic heterocycles. The molecule has 1 unspecified atom stereocenters. The lowest BCUT2D eigenvalue weighted by Gasteiger charge is -2.19. The fourth-order valence-electron chi connectivity index (χ4n) is 1.31. The molecule has 1 atom stereocenters. The summed E-state index contributed by atoms with van der Waals surface area (Å²) in [6.45, 7) is 4.62. The van der Waals surface area contributed by atoms with E-state index in [1.807, 2.05) is 38.1 Å². The van der Waals surface area contributed by atoms with Gasteiger partial charge in [0.2, 0.25) is 5.91 Å². The quantitative estimate of drug-likeness (QED) is 0.880. The highest BCUT2D eigenvalue weighted by atomic mass is 35.5. The van der Waals surface area contributed by atoms with Crippen LogP contribution in [0.1, 0.15) is 24.1 Å². The van der Waals surface area contributed by atoms with E-state index in [9.17, 15) is 4.79 Å². The molecular formula is C12H19ClN2O. The van der Waals surface area contributed by atoms with E-state index in [1.54, 1.807) is 11.9 Å². The Balaban J connectivity index is 0.00000225. The molecule has 16 heavy (non-hydrogen) atoms. The van der Waals surface area contributed by atoms with Crippen LogP contribution in [0, 0.1) is 6.92 Å². The Bertz CT molecular complexity index is 337. The molecule has 1 amide bonds. The molecular weight excluding hydrogens is 224 g/mol. The van der Waals surface area contributed by atoms with Gasteiger partial charge in [-0.2, -0.15) is 0 Å². The van der Waals surface area contributed by atoms with E-state index in [0.29, 0.717) is 6.54 Å². The Morgan fingerprint density at radius 3 is 2.31 bits per heavy atom. The molecule has 0 aliphatic carbocycles. The van der Waals surface area contributed by atoms with Gasteiger partial charge in [0.1, 0.15) is 6.04 Å². The molecule has 90 valence electrons. The predicted octanol–water partition coefficient (Wildman–Crippen LogP) is 1.89. The summed E-state index contributed by atoms with van der Waals surface area (Å²) in [5.74, 6) is -0.0404. The number of likely N-dealkylation sites (N-methyl/N-ethyl adjacent to an activating group) is 1. The lowest BCUT2D eigenvalue weighted by Crippen LogP contribution is -2.35. The molecule has 0 heterocycles.